The molecule has 2 heterocycles. The molecule has 6 nitrogen and oxygen atoms in total. The van der Waals surface area contributed by atoms with Gasteiger partial charge in [-0.15, -0.1) is 0 Å². The van der Waals surface area contributed by atoms with Crippen LogP contribution >= 0.6 is 0 Å². The number of benzene rings is 2. The molecular formula is C24H21FN4O2. The molecule has 5 rings (SSSR count). The van der Waals surface area contributed by atoms with Gasteiger partial charge in [-0.3, -0.25) is 4.79 Å². The van der Waals surface area contributed by atoms with Crippen LogP contribution in [0, 0.1) is 12.7 Å². The first kappa shape index (κ1) is 19.2. The fraction of sp³-hybridized carbons (Fsp3) is 0.208. The number of hydrogen-bond acceptors (Lipinski definition) is 4. The molecule has 31 heavy (non-hydrogen) atoms. The third-order valence-corrected chi connectivity index (χ3v) is 5.67. The Labute approximate surface area is 178 Å². The molecule has 0 aliphatic heterocycles. The maximum Gasteiger partial charge on any atom is 0.251 e. The van der Waals surface area contributed by atoms with Gasteiger partial charge < -0.3 is 14.4 Å². The van der Waals surface area contributed by atoms with E-state index in [-0.39, 0.29) is 11.7 Å². The molecule has 156 valence electrons. The Morgan fingerprint density at radius 3 is 2.71 bits per heavy atom. The van der Waals surface area contributed by atoms with Crippen molar-refractivity contribution in [2.75, 3.05) is 0 Å². The molecule has 0 unspecified atom stereocenters. The summed E-state index contributed by atoms with van der Waals surface area (Å²) in [6, 6.07) is 13.9. The van der Waals surface area contributed by atoms with Crippen LogP contribution in [0.4, 0.5) is 4.39 Å². The summed E-state index contributed by atoms with van der Waals surface area (Å²) in [5, 5.41) is 7.16. The topological polar surface area (TPSA) is 73.0 Å². The van der Waals surface area contributed by atoms with Crippen molar-refractivity contribution < 1.29 is 13.7 Å². The smallest absolute Gasteiger partial charge is 0.251 e. The maximum absolute atomic E-state index is 13.7. The molecule has 0 atom stereocenters. The molecule has 2 aromatic heterocycles. The van der Waals surface area contributed by atoms with Gasteiger partial charge in [-0.25, -0.2) is 9.37 Å². The Balaban J connectivity index is 1.41. The van der Waals surface area contributed by atoms with E-state index in [1.54, 1.807) is 25.4 Å². The molecule has 1 aliphatic carbocycles. The fourth-order valence-corrected chi connectivity index (χ4v) is 3.71. The van der Waals surface area contributed by atoms with Gasteiger partial charge in [0.1, 0.15) is 17.3 Å². The lowest BCUT2D eigenvalue weighted by Gasteiger charge is -2.26. The largest absolute Gasteiger partial charge is 0.360 e. The van der Waals surface area contributed by atoms with E-state index in [1.807, 2.05) is 35.0 Å². The third kappa shape index (κ3) is 3.74. The SMILES string of the molecule is Cc1onc(-c2cccc(F)c2)c1-c1cn(-c2ccc(C(=O)NC3CCC3)cc2)cn1. The van der Waals surface area contributed by atoms with Crippen molar-refractivity contribution in [3.05, 3.63) is 78.2 Å². The highest BCUT2D eigenvalue weighted by atomic mass is 19.1. The first-order valence-electron chi connectivity index (χ1n) is 10.3. The molecule has 1 fully saturated rings. The zero-order chi connectivity index (χ0) is 21.4. The van der Waals surface area contributed by atoms with Crippen LogP contribution < -0.4 is 5.32 Å². The number of halogens is 1. The van der Waals surface area contributed by atoms with Crippen molar-refractivity contribution in [3.63, 3.8) is 0 Å². The van der Waals surface area contributed by atoms with E-state index in [9.17, 15) is 9.18 Å². The summed E-state index contributed by atoms with van der Waals surface area (Å²) in [7, 11) is 0. The number of amides is 1. The monoisotopic (exact) mass is 416 g/mol. The van der Waals surface area contributed by atoms with Crippen LogP contribution in [-0.2, 0) is 0 Å². The molecule has 0 radical (unpaired) electrons. The van der Waals surface area contributed by atoms with Crippen LogP contribution in [0.25, 0.3) is 28.2 Å². The average molecular weight is 416 g/mol. The molecule has 0 bridgehead atoms. The molecule has 2 aromatic carbocycles. The molecule has 4 aromatic rings. The quantitative estimate of drug-likeness (QED) is 0.501. The summed E-state index contributed by atoms with van der Waals surface area (Å²) in [6.45, 7) is 1.81. The number of nitrogens with zero attached hydrogens (tertiary/aromatic N) is 3. The van der Waals surface area contributed by atoms with Crippen LogP contribution in [0.2, 0.25) is 0 Å². The fourth-order valence-electron chi connectivity index (χ4n) is 3.71. The van der Waals surface area contributed by atoms with E-state index < -0.39 is 0 Å². The summed E-state index contributed by atoms with van der Waals surface area (Å²) in [5.74, 6) is 0.228. The second kappa shape index (κ2) is 7.83. The van der Waals surface area contributed by atoms with Crippen molar-refractivity contribution in [1.29, 1.82) is 0 Å². The molecule has 1 saturated carbocycles. The number of carbonyl (C=O) groups is 1. The van der Waals surface area contributed by atoms with E-state index in [1.165, 1.54) is 18.6 Å². The lowest BCUT2D eigenvalue weighted by molar-refractivity contribution is 0.0917. The summed E-state index contributed by atoms with van der Waals surface area (Å²) < 4.78 is 20.9. The molecule has 7 heteroatoms. The van der Waals surface area contributed by atoms with Crippen molar-refractivity contribution in [1.82, 2.24) is 20.0 Å². The Morgan fingerprint density at radius 1 is 1.19 bits per heavy atom. The van der Waals surface area contributed by atoms with Gasteiger partial charge in [0, 0.05) is 29.1 Å². The van der Waals surface area contributed by atoms with Crippen molar-refractivity contribution >= 4 is 5.91 Å². The number of imidazole rings is 1. The Hall–Kier alpha value is -3.74. The van der Waals surface area contributed by atoms with Gasteiger partial charge in [-0.05, 0) is 62.6 Å². The standard InChI is InChI=1S/C24H21FN4O2/c1-15-22(23(28-31-15)17-4-2-5-18(25)12-17)21-13-29(14-26-21)20-10-8-16(9-11-20)24(30)27-19-6-3-7-19/h2,4-5,8-14,19H,3,6-7H2,1H3,(H,27,30). The highest BCUT2D eigenvalue weighted by molar-refractivity contribution is 5.94. The van der Waals surface area contributed by atoms with Crippen LogP contribution in [0.3, 0.4) is 0 Å². The van der Waals surface area contributed by atoms with Gasteiger partial charge in [0.2, 0.25) is 0 Å². The third-order valence-electron chi connectivity index (χ3n) is 5.67. The highest BCUT2D eigenvalue weighted by Gasteiger charge is 2.21. The Kier molecular flexibility index (Phi) is 4.86. The van der Waals surface area contributed by atoms with E-state index in [2.05, 4.69) is 15.5 Å². The van der Waals surface area contributed by atoms with Crippen LogP contribution in [-0.4, -0.2) is 26.7 Å². The normalized spacial score (nSPS) is 13.7. The summed E-state index contributed by atoms with van der Waals surface area (Å²) in [5.41, 5.74) is 4.08. The molecule has 0 spiro atoms. The second-order valence-electron chi connectivity index (χ2n) is 7.79. The Bertz CT molecular complexity index is 1240. The number of nitrogens with one attached hydrogen (secondary N) is 1. The molecule has 1 amide bonds. The van der Waals surface area contributed by atoms with Gasteiger partial charge in [0.15, 0.2) is 0 Å². The summed E-state index contributed by atoms with van der Waals surface area (Å²) >= 11 is 0. The van der Waals surface area contributed by atoms with Crippen molar-refractivity contribution in [3.8, 4) is 28.2 Å². The summed E-state index contributed by atoms with van der Waals surface area (Å²) in [4.78, 5) is 16.8. The minimum Gasteiger partial charge on any atom is -0.360 e. The van der Waals surface area contributed by atoms with Crippen LogP contribution in [0.15, 0.2) is 65.6 Å². The minimum atomic E-state index is -0.337. The Morgan fingerprint density at radius 2 is 2.00 bits per heavy atom. The second-order valence-corrected chi connectivity index (χ2v) is 7.79. The van der Waals surface area contributed by atoms with Gasteiger partial charge >= 0.3 is 0 Å². The van der Waals surface area contributed by atoms with E-state index in [4.69, 9.17) is 4.52 Å². The number of aryl methyl sites for hydroxylation is 1. The van der Waals surface area contributed by atoms with Crippen LogP contribution in [0.1, 0.15) is 35.4 Å². The number of carbonyl (C=O) groups excluding carboxylic acids is 1. The molecule has 0 saturated heterocycles. The van der Waals surface area contributed by atoms with Gasteiger partial charge in [-0.2, -0.15) is 0 Å². The van der Waals surface area contributed by atoms with E-state index >= 15 is 0 Å². The molecule has 1 aliphatic rings. The van der Waals surface area contributed by atoms with Crippen molar-refractivity contribution in [2.45, 2.75) is 32.2 Å². The first-order valence-corrected chi connectivity index (χ1v) is 10.3. The number of rotatable bonds is 5. The maximum atomic E-state index is 13.7. The lowest BCUT2D eigenvalue weighted by Crippen LogP contribution is -2.39. The van der Waals surface area contributed by atoms with E-state index in [0.29, 0.717) is 34.3 Å². The van der Waals surface area contributed by atoms with Gasteiger partial charge in [-0.1, -0.05) is 17.3 Å². The summed E-state index contributed by atoms with van der Waals surface area (Å²) in [6.07, 6.45) is 6.86. The van der Waals surface area contributed by atoms with Gasteiger partial charge in [0.25, 0.3) is 5.91 Å². The molecular weight excluding hydrogens is 395 g/mol. The number of aromatic nitrogens is 3. The molecule has 1 N–H and O–H groups in total. The predicted octanol–water partition coefficient (Wildman–Crippen LogP) is 4.92. The lowest BCUT2D eigenvalue weighted by atomic mass is 9.93. The first-order chi connectivity index (χ1) is 15.1. The van der Waals surface area contributed by atoms with Crippen molar-refractivity contribution in [2.24, 2.45) is 0 Å². The minimum absolute atomic E-state index is 0.0394. The predicted molar refractivity (Wildman–Crippen MR) is 114 cm³/mol. The zero-order valence-corrected chi connectivity index (χ0v) is 17.0. The zero-order valence-electron chi connectivity index (χ0n) is 17.0. The highest BCUT2D eigenvalue weighted by Crippen LogP contribution is 2.33. The number of hydrogen-bond donors (Lipinski definition) is 1. The van der Waals surface area contributed by atoms with E-state index in [0.717, 1.165) is 24.1 Å². The van der Waals surface area contributed by atoms with Crippen LogP contribution in [0.5, 0.6) is 0 Å². The van der Waals surface area contributed by atoms with Gasteiger partial charge in [0.05, 0.1) is 17.6 Å². The average Bonchev–Trinajstić information content (AvgIpc) is 3.37.